The Morgan fingerprint density at radius 1 is 1.30 bits per heavy atom. The molecule has 2 bridgehead atoms. The van der Waals surface area contributed by atoms with Gasteiger partial charge in [-0.1, -0.05) is 0 Å². The van der Waals surface area contributed by atoms with Gasteiger partial charge in [0.05, 0.1) is 18.8 Å². The summed E-state index contributed by atoms with van der Waals surface area (Å²) in [4.78, 5) is 0. The molecule has 2 nitrogen and oxygen atoms in total. The van der Waals surface area contributed by atoms with Gasteiger partial charge in [0, 0.05) is 5.92 Å². The zero-order chi connectivity index (χ0) is 6.82. The molecule has 1 spiro atoms. The van der Waals surface area contributed by atoms with E-state index in [1.807, 2.05) is 0 Å². The summed E-state index contributed by atoms with van der Waals surface area (Å²) in [6.45, 7) is 3.83. The van der Waals surface area contributed by atoms with E-state index in [1.165, 1.54) is 12.8 Å². The standard InChI is InChI=1S/C8H11O2/c1-7-2-6(3-7)8(10-7)4-9-5-8/h2-5H2,1H3. The highest BCUT2D eigenvalue weighted by atomic mass is 16.6. The van der Waals surface area contributed by atoms with Crippen molar-refractivity contribution in [2.45, 2.75) is 31.0 Å². The zero-order valence-electron chi connectivity index (χ0n) is 6.14. The maximum atomic E-state index is 5.88. The third kappa shape index (κ3) is 0.424. The molecule has 3 heterocycles. The van der Waals surface area contributed by atoms with Gasteiger partial charge in [-0.2, -0.15) is 0 Å². The SMILES string of the molecule is CC12C[C](C1)C1(COC1)O2. The second kappa shape index (κ2) is 1.28. The van der Waals surface area contributed by atoms with Crippen molar-refractivity contribution in [1.29, 1.82) is 0 Å². The average molecular weight is 139 g/mol. The summed E-state index contributed by atoms with van der Waals surface area (Å²) in [7, 11) is 0. The van der Waals surface area contributed by atoms with E-state index in [4.69, 9.17) is 9.47 Å². The molecule has 1 radical (unpaired) electrons. The second-order valence-electron chi connectivity index (χ2n) is 4.00. The van der Waals surface area contributed by atoms with Gasteiger partial charge in [-0.05, 0) is 19.8 Å². The van der Waals surface area contributed by atoms with Gasteiger partial charge in [0.2, 0.25) is 0 Å². The van der Waals surface area contributed by atoms with Crippen molar-refractivity contribution < 1.29 is 9.47 Å². The molecule has 4 fully saturated rings. The highest BCUT2D eigenvalue weighted by Crippen LogP contribution is 2.61. The second-order valence-corrected chi connectivity index (χ2v) is 4.00. The number of hydrogen-bond acceptors (Lipinski definition) is 2. The number of ether oxygens (including phenoxy) is 2. The molecule has 0 unspecified atom stereocenters. The zero-order valence-corrected chi connectivity index (χ0v) is 6.14. The largest absolute Gasteiger partial charge is 0.375 e. The molecule has 4 aliphatic rings. The van der Waals surface area contributed by atoms with Gasteiger partial charge in [-0.15, -0.1) is 0 Å². The lowest BCUT2D eigenvalue weighted by Crippen LogP contribution is -2.51. The molecule has 1 saturated carbocycles. The van der Waals surface area contributed by atoms with Crippen molar-refractivity contribution in [2.75, 3.05) is 13.2 Å². The monoisotopic (exact) mass is 139 g/mol. The van der Waals surface area contributed by atoms with Crippen LogP contribution in [0.2, 0.25) is 0 Å². The first-order valence-electron chi connectivity index (χ1n) is 3.86. The van der Waals surface area contributed by atoms with Gasteiger partial charge in [-0.25, -0.2) is 0 Å². The predicted octanol–water partition coefficient (Wildman–Crippen LogP) is 0.913. The Hall–Kier alpha value is -0.0800. The van der Waals surface area contributed by atoms with Crippen LogP contribution in [0.15, 0.2) is 0 Å². The first kappa shape index (κ1) is 5.56. The molecule has 0 N–H and O–H groups in total. The summed E-state index contributed by atoms with van der Waals surface area (Å²) >= 11 is 0. The molecule has 55 valence electrons. The molecule has 1 aliphatic carbocycles. The Kier molecular flexibility index (Phi) is 0.710. The smallest absolute Gasteiger partial charge is 0.122 e. The predicted molar refractivity (Wildman–Crippen MR) is 35.5 cm³/mol. The van der Waals surface area contributed by atoms with Gasteiger partial charge in [0.25, 0.3) is 0 Å². The van der Waals surface area contributed by atoms with E-state index < -0.39 is 0 Å². The fourth-order valence-electron chi connectivity index (χ4n) is 2.34. The summed E-state index contributed by atoms with van der Waals surface area (Å²) < 4.78 is 11.0. The maximum absolute atomic E-state index is 5.88. The molecule has 0 aromatic carbocycles. The molecular formula is C8H11O2. The quantitative estimate of drug-likeness (QED) is 0.496. The Labute approximate surface area is 60.5 Å². The van der Waals surface area contributed by atoms with Crippen LogP contribution in [0.25, 0.3) is 0 Å². The van der Waals surface area contributed by atoms with Gasteiger partial charge >= 0.3 is 0 Å². The van der Waals surface area contributed by atoms with Crippen LogP contribution in [0.3, 0.4) is 0 Å². The van der Waals surface area contributed by atoms with E-state index in [1.54, 1.807) is 5.92 Å². The summed E-state index contributed by atoms with van der Waals surface area (Å²) in [5.41, 5.74) is 0.313. The third-order valence-corrected chi connectivity index (χ3v) is 2.93. The molecule has 2 heteroatoms. The Bertz CT molecular complexity index is 178. The van der Waals surface area contributed by atoms with Crippen LogP contribution < -0.4 is 0 Å². The normalized spacial score (nSPS) is 39.3. The average Bonchev–Trinajstić information content (AvgIpc) is 2.12. The fourth-order valence-corrected chi connectivity index (χ4v) is 2.34. The van der Waals surface area contributed by atoms with Crippen LogP contribution in [-0.2, 0) is 9.47 Å². The van der Waals surface area contributed by atoms with Crippen LogP contribution in [0.1, 0.15) is 19.8 Å². The van der Waals surface area contributed by atoms with Gasteiger partial charge < -0.3 is 9.47 Å². The number of rotatable bonds is 0. The Morgan fingerprint density at radius 2 is 2.00 bits per heavy atom. The molecule has 3 aliphatic heterocycles. The van der Waals surface area contributed by atoms with Crippen molar-refractivity contribution in [1.82, 2.24) is 0 Å². The minimum atomic E-state index is 0.106. The highest BCUT2D eigenvalue weighted by Gasteiger charge is 2.66. The van der Waals surface area contributed by atoms with E-state index in [9.17, 15) is 0 Å². The first-order valence-corrected chi connectivity index (χ1v) is 3.86. The molecule has 4 rings (SSSR count). The molecule has 3 saturated heterocycles. The molecular weight excluding hydrogens is 128 g/mol. The summed E-state index contributed by atoms with van der Waals surface area (Å²) in [6, 6.07) is 0. The van der Waals surface area contributed by atoms with Crippen LogP contribution in [0, 0.1) is 5.92 Å². The van der Waals surface area contributed by atoms with E-state index in [0.29, 0.717) is 0 Å². The Balaban J connectivity index is 1.92. The lowest BCUT2D eigenvalue weighted by Gasteiger charge is -2.38. The minimum Gasteiger partial charge on any atom is -0.375 e. The van der Waals surface area contributed by atoms with Crippen molar-refractivity contribution in [3.8, 4) is 0 Å². The van der Waals surface area contributed by atoms with Crippen molar-refractivity contribution >= 4 is 0 Å². The third-order valence-electron chi connectivity index (χ3n) is 2.93. The van der Waals surface area contributed by atoms with Crippen LogP contribution in [0.5, 0.6) is 0 Å². The lowest BCUT2D eigenvalue weighted by atomic mass is 9.69. The van der Waals surface area contributed by atoms with Crippen molar-refractivity contribution in [2.24, 2.45) is 0 Å². The van der Waals surface area contributed by atoms with E-state index in [2.05, 4.69) is 6.92 Å². The summed E-state index contributed by atoms with van der Waals surface area (Å²) in [5, 5.41) is 0. The molecule has 0 amide bonds. The van der Waals surface area contributed by atoms with Gasteiger partial charge in [0.1, 0.15) is 5.60 Å². The van der Waals surface area contributed by atoms with E-state index in [-0.39, 0.29) is 11.2 Å². The maximum Gasteiger partial charge on any atom is 0.122 e. The van der Waals surface area contributed by atoms with E-state index in [0.717, 1.165) is 13.2 Å². The molecule has 0 aromatic heterocycles. The molecule has 0 atom stereocenters. The summed E-state index contributed by atoms with van der Waals surface area (Å²) in [5.74, 6) is 1.60. The first-order chi connectivity index (χ1) is 4.73. The molecule has 0 aromatic rings. The van der Waals surface area contributed by atoms with E-state index >= 15 is 0 Å². The van der Waals surface area contributed by atoms with Crippen molar-refractivity contribution in [3.05, 3.63) is 5.92 Å². The van der Waals surface area contributed by atoms with Crippen LogP contribution in [0.4, 0.5) is 0 Å². The molecule has 10 heavy (non-hydrogen) atoms. The number of hydrogen-bond donors (Lipinski definition) is 0. The van der Waals surface area contributed by atoms with Crippen LogP contribution in [-0.4, -0.2) is 24.4 Å². The fraction of sp³-hybridized carbons (Fsp3) is 0.875. The van der Waals surface area contributed by atoms with Crippen LogP contribution >= 0.6 is 0 Å². The highest BCUT2D eigenvalue weighted by molar-refractivity contribution is 5.32. The lowest BCUT2D eigenvalue weighted by molar-refractivity contribution is -0.190. The van der Waals surface area contributed by atoms with Gasteiger partial charge in [0.15, 0.2) is 0 Å². The topological polar surface area (TPSA) is 18.5 Å². The van der Waals surface area contributed by atoms with Crippen molar-refractivity contribution in [3.63, 3.8) is 0 Å². The summed E-state index contributed by atoms with van der Waals surface area (Å²) in [6.07, 6.45) is 2.38. The Morgan fingerprint density at radius 3 is 2.20 bits per heavy atom. The minimum absolute atomic E-state index is 0.106. The van der Waals surface area contributed by atoms with Gasteiger partial charge in [-0.3, -0.25) is 0 Å².